The van der Waals surface area contributed by atoms with Gasteiger partial charge < -0.3 is 20.9 Å². The Bertz CT molecular complexity index is 1050. The van der Waals surface area contributed by atoms with Crippen molar-refractivity contribution in [2.45, 2.75) is 77.3 Å². The van der Waals surface area contributed by atoms with Gasteiger partial charge in [0.15, 0.2) is 6.10 Å². The normalized spacial score (nSPS) is 19.5. The van der Waals surface area contributed by atoms with Gasteiger partial charge in [-0.1, -0.05) is 41.9 Å². The van der Waals surface area contributed by atoms with Crippen LogP contribution in [0.4, 0.5) is 5.69 Å². The van der Waals surface area contributed by atoms with E-state index in [0.29, 0.717) is 23.0 Å². The monoisotopic (exact) mass is 514 g/mol. The lowest BCUT2D eigenvalue weighted by Gasteiger charge is -2.35. The zero-order chi connectivity index (χ0) is 26.0. The van der Waals surface area contributed by atoms with Gasteiger partial charge in [0, 0.05) is 36.9 Å². The molecule has 7 nitrogen and oxygen atoms in total. The van der Waals surface area contributed by atoms with E-state index in [1.54, 1.807) is 6.92 Å². The van der Waals surface area contributed by atoms with Gasteiger partial charge in [-0.3, -0.25) is 15.0 Å². The molecule has 0 bridgehead atoms. The molecule has 2 aliphatic rings. The van der Waals surface area contributed by atoms with Gasteiger partial charge >= 0.3 is 0 Å². The topological polar surface area (TPSA) is 99.8 Å². The molecule has 2 fully saturated rings. The number of ether oxygens (including phenoxy) is 1. The van der Waals surface area contributed by atoms with Crippen LogP contribution in [0.1, 0.15) is 54.9 Å². The molecular formula is C28H39ClN4O3. The minimum atomic E-state index is -0.680. The number of aliphatic hydroxyl groups excluding tert-OH is 1. The van der Waals surface area contributed by atoms with E-state index in [4.69, 9.17) is 22.1 Å². The Morgan fingerprint density at radius 3 is 2.42 bits per heavy atom. The molecule has 4 rings (SSSR count). The molecule has 1 heterocycles. The Labute approximate surface area is 219 Å². The van der Waals surface area contributed by atoms with Crippen LogP contribution >= 0.6 is 11.6 Å². The highest BCUT2D eigenvalue weighted by molar-refractivity contribution is 6.33. The van der Waals surface area contributed by atoms with Gasteiger partial charge in [0.1, 0.15) is 12.0 Å². The number of amides is 1. The van der Waals surface area contributed by atoms with Crippen LogP contribution in [0.15, 0.2) is 30.3 Å². The van der Waals surface area contributed by atoms with Crippen LogP contribution in [-0.4, -0.2) is 53.9 Å². The molecule has 36 heavy (non-hydrogen) atoms. The summed E-state index contributed by atoms with van der Waals surface area (Å²) in [5.41, 5.74) is 10.5. The first-order valence-electron chi connectivity index (χ1n) is 12.9. The molecule has 1 saturated carbocycles. The average Bonchev–Trinajstić information content (AvgIpc) is 3.66. The Morgan fingerprint density at radius 2 is 1.81 bits per heavy atom. The molecule has 2 aromatic rings. The van der Waals surface area contributed by atoms with Crippen molar-refractivity contribution in [1.82, 2.24) is 15.5 Å². The standard InChI is InChI=1S/C28H39ClN4O3/c1-17-18(2)26(24(29)19(3)25(17)30)36-20(4)27(35)31-22-10-14-33(15-11-22)16-23(34)32-28(12-13-28)21-8-6-5-7-9-21/h5-9,20,22-23,32,34H,10-16,30H2,1-4H3,(H,31,35). The molecular weight excluding hydrogens is 476 g/mol. The summed E-state index contributed by atoms with van der Waals surface area (Å²) in [6.45, 7) is 9.64. The maximum atomic E-state index is 12.9. The fourth-order valence-corrected chi connectivity index (χ4v) is 5.35. The van der Waals surface area contributed by atoms with Gasteiger partial charge in [0.2, 0.25) is 0 Å². The number of likely N-dealkylation sites (tertiary alicyclic amines) is 1. The Morgan fingerprint density at radius 1 is 1.17 bits per heavy atom. The second-order valence-corrected chi connectivity index (χ2v) is 10.8. The molecule has 196 valence electrons. The number of halogens is 1. The highest BCUT2D eigenvalue weighted by Crippen LogP contribution is 2.45. The van der Waals surface area contributed by atoms with Crippen LogP contribution in [-0.2, 0) is 10.3 Å². The number of hydrogen-bond donors (Lipinski definition) is 4. The molecule has 1 aliphatic heterocycles. The van der Waals surface area contributed by atoms with Crippen LogP contribution < -0.4 is 21.1 Å². The van der Waals surface area contributed by atoms with E-state index >= 15 is 0 Å². The largest absolute Gasteiger partial charge is 0.479 e. The van der Waals surface area contributed by atoms with Crippen molar-refractivity contribution in [2.24, 2.45) is 0 Å². The molecule has 1 aliphatic carbocycles. The molecule has 1 amide bonds. The lowest BCUT2D eigenvalue weighted by molar-refractivity contribution is -0.128. The molecule has 0 spiro atoms. The molecule has 0 aromatic heterocycles. The predicted molar refractivity (Wildman–Crippen MR) is 144 cm³/mol. The van der Waals surface area contributed by atoms with Crippen molar-refractivity contribution in [3.8, 4) is 5.75 Å². The molecule has 2 atom stereocenters. The molecule has 8 heteroatoms. The lowest BCUT2D eigenvalue weighted by atomic mass is 10.0. The number of β-amino-alcohol motifs (C(OH)–C–C–N with tert-alkyl or cyclic N) is 1. The number of carbonyl (C=O) groups excluding carboxylic acids is 1. The van der Waals surface area contributed by atoms with Gasteiger partial charge in [0.05, 0.1) is 5.02 Å². The van der Waals surface area contributed by atoms with E-state index in [1.807, 2.05) is 39.0 Å². The van der Waals surface area contributed by atoms with E-state index < -0.39 is 12.3 Å². The quantitative estimate of drug-likeness (QED) is 0.300. The van der Waals surface area contributed by atoms with Crippen molar-refractivity contribution in [1.29, 1.82) is 0 Å². The molecule has 0 radical (unpaired) electrons. The molecule has 2 unspecified atom stereocenters. The van der Waals surface area contributed by atoms with Crippen LogP contribution in [0.3, 0.4) is 0 Å². The van der Waals surface area contributed by atoms with E-state index in [9.17, 15) is 9.90 Å². The van der Waals surface area contributed by atoms with Gasteiger partial charge in [-0.15, -0.1) is 0 Å². The fourth-order valence-electron chi connectivity index (χ4n) is 5.06. The van der Waals surface area contributed by atoms with Crippen LogP contribution in [0.25, 0.3) is 0 Å². The summed E-state index contributed by atoms with van der Waals surface area (Å²) in [4.78, 5) is 15.1. The van der Waals surface area contributed by atoms with Crippen molar-refractivity contribution in [2.75, 3.05) is 25.4 Å². The Balaban J connectivity index is 1.24. The summed E-state index contributed by atoms with van der Waals surface area (Å²) in [7, 11) is 0. The maximum absolute atomic E-state index is 12.9. The Kier molecular flexibility index (Phi) is 8.15. The molecule has 2 aromatic carbocycles. The van der Waals surface area contributed by atoms with Crippen LogP contribution in [0, 0.1) is 20.8 Å². The third-order valence-electron chi connectivity index (χ3n) is 7.79. The maximum Gasteiger partial charge on any atom is 0.260 e. The average molecular weight is 515 g/mol. The highest BCUT2D eigenvalue weighted by atomic mass is 35.5. The minimum absolute atomic E-state index is 0.0791. The van der Waals surface area contributed by atoms with E-state index in [-0.39, 0.29) is 17.5 Å². The summed E-state index contributed by atoms with van der Waals surface area (Å²) in [5, 5.41) is 17.7. The number of nitrogens with zero attached hydrogens (tertiary/aromatic N) is 1. The Hall–Kier alpha value is -2.32. The van der Waals surface area contributed by atoms with Gasteiger partial charge in [-0.05, 0) is 75.6 Å². The first-order chi connectivity index (χ1) is 17.1. The van der Waals surface area contributed by atoms with Crippen LogP contribution in [0.5, 0.6) is 5.75 Å². The summed E-state index contributed by atoms with van der Waals surface area (Å²) < 4.78 is 6.01. The van der Waals surface area contributed by atoms with Crippen molar-refractivity contribution < 1.29 is 14.6 Å². The lowest BCUT2D eigenvalue weighted by Crippen LogP contribution is -2.51. The summed E-state index contributed by atoms with van der Waals surface area (Å²) in [6.07, 6.45) is 2.47. The summed E-state index contributed by atoms with van der Waals surface area (Å²) in [6, 6.07) is 10.4. The number of carbonyl (C=O) groups is 1. The number of nitrogen functional groups attached to an aromatic ring is 1. The third-order valence-corrected chi connectivity index (χ3v) is 8.24. The van der Waals surface area contributed by atoms with Gasteiger partial charge in [-0.25, -0.2) is 0 Å². The first-order valence-corrected chi connectivity index (χ1v) is 13.2. The number of nitrogens with two attached hydrogens (primary N) is 1. The molecule has 5 N–H and O–H groups in total. The SMILES string of the molecule is Cc1c(C)c(OC(C)C(=O)NC2CCN(CC(O)NC3(c4ccccc4)CC3)CC2)c(Cl)c(C)c1N. The number of benzene rings is 2. The number of piperidine rings is 1. The zero-order valence-electron chi connectivity index (χ0n) is 21.7. The second-order valence-electron chi connectivity index (χ2n) is 10.4. The van der Waals surface area contributed by atoms with E-state index in [0.717, 1.165) is 55.5 Å². The summed E-state index contributed by atoms with van der Waals surface area (Å²) >= 11 is 6.48. The van der Waals surface area contributed by atoms with E-state index in [2.05, 4.69) is 27.7 Å². The van der Waals surface area contributed by atoms with Gasteiger partial charge in [0.25, 0.3) is 5.91 Å². The summed E-state index contributed by atoms with van der Waals surface area (Å²) in [5.74, 6) is 0.361. The number of hydrogen-bond acceptors (Lipinski definition) is 6. The molecule has 1 saturated heterocycles. The van der Waals surface area contributed by atoms with Crippen molar-refractivity contribution in [3.63, 3.8) is 0 Å². The smallest absolute Gasteiger partial charge is 0.260 e. The first kappa shape index (κ1) is 26.7. The van der Waals surface area contributed by atoms with Gasteiger partial charge in [-0.2, -0.15) is 0 Å². The highest BCUT2D eigenvalue weighted by Gasteiger charge is 2.45. The van der Waals surface area contributed by atoms with Crippen molar-refractivity contribution in [3.05, 3.63) is 57.6 Å². The third kappa shape index (κ3) is 5.80. The number of nitrogens with one attached hydrogen (secondary N) is 2. The minimum Gasteiger partial charge on any atom is -0.479 e. The zero-order valence-corrected chi connectivity index (χ0v) is 22.5. The number of aliphatic hydroxyl groups is 1. The second kappa shape index (κ2) is 11.0. The van der Waals surface area contributed by atoms with E-state index in [1.165, 1.54) is 5.56 Å². The van der Waals surface area contributed by atoms with Crippen LogP contribution in [0.2, 0.25) is 5.02 Å². The number of anilines is 1. The fraction of sp³-hybridized carbons (Fsp3) is 0.536. The number of rotatable bonds is 9. The van der Waals surface area contributed by atoms with Crippen molar-refractivity contribution >= 4 is 23.2 Å². The predicted octanol–water partition coefficient (Wildman–Crippen LogP) is 3.79.